The molecule has 0 saturated carbocycles. The molecule has 0 bridgehead atoms. The molecule has 0 aliphatic heterocycles. The Morgan fingerprint density at radius 2 is 2.21 bits per heavy atom. The van der Waals surface area contributed by atoms with Gasteiger partial charge in [-0.3, -0.25) is 4.79 Å². The van der Waals surface area contributed by atoms with E-state index < -0.39 is 0 Å². The van der Waals surface area contributed by atoms with Crippen LogP contribution in [0.25, 0.3) is 0 Å². The molecular weight excluding hydrogens is 324 g/mol. The highest BCUT2D eigenvalue weighted by atomic mass is 32.1. The van der Waals surface area contributed by atoms with Crippen LogP contribution >= 0.6 is 11.3 Å². The van der Waals surface area contributed by atoms with E-state index in [0.29, 0.717) is 36.7 Å². The average molecular weight is 348 g/mol. The van der Waals surface area contributed by atoms with Crippen LogP contribution in [0.1, 0.15) is 21.1 Å². The van der Waals surface area contributed by atoms with Crippen LogP contribution in [0.5, 0.6) is 5.75 Å². The van der Waals surface area contributed by atoms with E-state index in [1.165, 1.54) is 11.3 Å². The maximum atomic E-state index is 12.4. The quantitative estimate of drug-likeness (QED) is 0.764. The van der Waals surface area contributed by atoms with Crippen molar-refractivity contribution in [1.82, 2.24) is 9.88 Å². The zero-order valence-corrected chi connectivity index (χ0v) is 15.2. The van der Waals surface area contributed by atoms with Crippen molar-refractivity contribution >= 4 is 22.9 Å². The van der Waals surface area contributed by atoms with E-state index >= 15 is 0 Å². The normalized spacial score (nSPS) is 10.9. The summed E-state index contributed by atoms with van der Waals surface area (Å²) >= 11 is 1.45. The van der Waals surface area contributed by atoms with Crippen LogP contribution in [0.3, 0.4) is 0 Å². The molecule has 0 aliphatic rings. The second-order valence-electron chi connectivity index (χ2n) is 5.77. The lowest BCUT2D eigenvalue weighted by molar-refractivity contribution is 0.102. The first-order valence-electron chi connectivity index (χ1n) is 7.83. The van der Waals surface area contributed by atoms with Gasteiger partial charge in [0.1, 0.15) is 18.1 Å². The fourth-order valence-electron chi connectivity index (χ4n) is 2.03. The number of carbonyl (C=O) groups excluding carboxylic acids is 1. The lowest BCUT2D eigenvalue weighted by atomic mass is 10.2. The van der Waals surface area contributed by atoms with Crippen molar-refractivity contribution in [3.63, 3.8) is 0 Å². The number of rotatable bonds is 8. The number of amides is 1. The molecule has 3 N–H and O–H groups in total. The molecule has 0 saturated heterocycles. The number of carbonyl (C=O) groups is 1. The predicted octanol–water partition coefficient (Wildman–Crippen LogP) is 2.15. The molecule has 0 radical (unpaired) electrons. The molecule has 24 heavy (non-hydrogen) atoms. The van der Waals surface area contributed by atoms with E-state index in [2.05, 4.69) is 10.3 Å². The number of benzene rings is 1. The molecule has 1 heterocycles. The summed E-state index contributed by atoms with van der Waals surface area (Å²) in [4.78, 5) is 18.7. The minimum absolute atomic E-state index is 0.240. The summed E-state index contributed by atoms with van der Waals surface area (Å²) in [6, 6.07) is 5.72. The number of likely N-dealkylation sites (N-methyl/N-ethyl adjacent to an activating group) is 1. The van der Waals surface area contributed by atoms with Crippen LogP contribution in [0.15, 0.2) is 23.6 Å². The summed E-state index contributed by atoms with van der Waals surface area (Å²) in [6.45, 7) is 3.87. The van der Waals surface area contributed by atoms with E-state index in [9.17, 15) is 4.79 Å². The lowest BCUT2D eigenvalue weighted by Gasteiger charge is -2.15. The standard InChI is InChI=1S/C17H24N4O2S/c1-12-4-5-13(15(10-12)23-9-8-21(2)3)20-17(22)14-11-24-16(19-14)6-7-18/h4-5,10-11H,6-9,18H2,1-3H3,(H,20,22). The predicted molar refractivity (Wildman–Crippen MR) is 98.1 cm³/mol. The maximum absolute atomic E-state index is 12.4. The van der Waals surface area contributed by atoms with Crippen molar-refractivity contribution in [3.8, 4) is 5.75 Å². The zero-order valence-electron chi connectivity index (χ0n) is 14.3. The highest BCUT2D eigenvalue weighted by Crippen LogP contribution is 2.26. The monoisotopic (exact) mass is 348 g/mol. The second-order valence-corrected chi connectivity index (χ2v) is 6.71. The number of nitrogens with one attached hydrogen (secondary N) is 1. The van der Waals surface area contributed by atoms with Gasteiger partial charge < -0.3 is 20.7 Å². The molecule has 1 amide bonds. The van der Waals surface area contributed by atoms with E-state index in [1.54, 1.807) is 5.38 Å². The Kier molecular flexibility index (Phi) is 6.72. The van der Waals surface area contributed by atoms with Gasteiger partial charge in [-0.2, -0.15) is 0 Å². The molecule has 6 nitrogen and oxygen atoms in total. The Balaban J connectivity index is 2.08. The molecule has 7 heteroatoms. The third-order valence-electron chi connectivity index (χ3n) is 3.32. The van der Waals surface area contributed by atoms with Crippen molar-refractivity contribution in [2.45, 2.75) is 13.3 Å². The minimum atomic E-state index is -0.240. The number of hydrogen-bond donors (Lipinski definition) is 2. The number of nitrogens with two attached hydrogens (primary N) is 1. The van der Waals surface area contributed by atoms with Crippen molar-refractivity contribution in [3.05, 3.63) is 39.8 Å². The van der Waals surface area contributed by atoms with Gasteiger partial charge in [-0.1, -0.05) is 6.07 Å². The Labute approximate surface area is 146 Å². The third-order valence-corrected chi connectivity index (χ3v) is 4.23. The Morgan fingerprint density at radius 1 is 1.42 bits per heavy atom. The fraction of sp³-hybridized carbons (Fsp3) is 0.412. The van der Waals surface area contributed by atoms with Crippen molar-refractivity contribution < 1.29 is 9.53 Å². The van der Waals surface area contributed by atoms with E-state index in [-0.39, 0.29) is 5.91 Å². The molecule has 1 aromatic carbocycles. The Morgan fingerprint density at radius 3 is 2.92 bits per heavy atom. The summed E-state index contributed by atoms with van der Waals surface area (Å²) < 4.78 is 5.82. The number of hydrogen-bond acceptors (Lipinski definition) is 6. The SMILES string of the molecule is Cc1ccc(NC(=O)c2csc(CCN)n2)c(OCCN(C)C)c1. The number of ether oxygens (including phenoxy) is 1. The first kappa shape index (κ1) is 18.4. The average Bonchev–Trinajstić information content (AvgIpc) is 2.98. The van der Waals surface area contributed by atoms with Gasteiger partial charge in [0, 0.05) is 18.3 Å². The highest BCUT2D eigenvalue weighted by Gasteiger charge is 2.13. The summed E-state index contributed by atoms with van der Waals surface area (Å²) in [6.07, 6.45) is 0.682. The van der Waals surface area contributed by atoms with Crippen LogP contribution in [0.2, 0.25) is 0 Å². The van der Waals surface area contributed by atoms with Crippen LogP contribution in [0, 0.1) is 6.92 Å². The van der Waals surface area contributed by atoms with Gasteiger partial charge in [0.25, 0.3) is 5.91 Å². The van der Waals surface area contributed by atoms with Crippen LogP contribution in [-0.4, -0.2) is 49.6 Å². The van der Waals surface area contributed by atoms with Gasteiger partial charge >= 0.3 is 0 Å². The second kappa shape index (κ2) is 8.77. The summed E-state index contributed by atoms with van der Waals surface area (Å²) in [5, 5.41) is 5.50. The van der Waals surface area contributed by atoms with Gasteiger partial charge in [0.15, 0.2) is 0 Å². The zero-order chi connectivity index (χ0) is 17.5. The van der Waals surface area contributed by atoms with Gasteiger partial charge in [0.05, 0.1) is 10.7 Å². The molecule has 0 fully saturated rings. The third kappa shape index (κ3) is 5.30. The maximum Gasteiger partial charge on any atom is 0.275 e. The first-order chi connectivity index (χ1) is 11.5. The fourth-order valence-corrected chi connectivity index (χ4v) is 2.82. The molecule has 2 aromatic rings. The summed E-state index contributed by atoms with van der Waals surface area (Å²) in [7, 11) is 3.98. The van der Waals surface area contributed by atoms with Gasteiger partial charge in [-0.05, 0) is 45.3 Å². The first-order valence-corrected chi connectivity index (χ1v) is 8.71. The molecule has 0 unspecified atom stereocenters. The molecule has 0 spiro atoms. The molecule has 0 atom stereocenters. The Hall–Kier alpha value is -1.96. The van der Waals surface area contributed by atoms with Gasteiger partial charge in [-0.15, -0.1) is 11.3 Å². The number of nitrogens with zero attached hydrogens (tertiary/aromatic N) is 2. The van der Waals surface area contributed by atoms with Crippen molar-refractivity contribution in [1.29, 1.82) is 0 Å². The molecule has 0 aliphatic carbocycles. The summed E-state index contributed by atoms with van der Waals surface area (Å²) in [5.74, 6) is 0.429. The largest absolute Gasteiger partial charge is 0.490 e. The van der Waals surface area contributed by atoms with Gasteiger partial charge in [0.2, 0.25) is 0 Å². The van der Waals surface area contributed by atoms with Crippen LogP contribution in [-0.2, 0) is 6.42 Å². The molecular formula is C17H24N4O2S. The van der Waals surface area contributed by atoms with Gasteiger partial charge in [-0.25, -0.2) is 4.98 Å². The molecule has 130 valence electrons. The van der Waals surface area contributed by atoms with E-state index in [4.69, 9.17) is 10.5 Å². The lowest BCUT2D eigenvalue weighted by Crippen LogP contribution is -2.20. The van der Waals surface area contributed by atoms with Crippen molar-refractivity contribution in [2.75, 3.05) is 39.1 Å². The Bertz CT molecular complexity index is 685. The molecule has 2 rings (SSSR count). The topological polar surface area (TPSA) is 80.5 Å². The van der Waals surface area contributed by atoms with E-state index in [1.807, 2.05) is 44.1 Å². The smallest absolute Gasteiger partial charge is 0.275 e. The highest BCUT2D eigenvalue weighted by molar-refractivity contribution is 7.09. The van der Waals surface area contributed by atoms with Crippen LogP contribution in [0.4, 0.5) is 5.69 Å². The molecule has 1 aromatic heterocycles. The van der Waals surface area contributed by atoms with Crippen LogP contribution < -0.4 is 15.8 Å². The number of aryl methyl sites for hydroxylation is 1. The number of thiazole rings is 1. The number of aromatic nitrogens is 1. The summed E-state index contributed by atoms with van der Waals surface area (Å²) in [5.41, 5.74) is 7.65. The van der Waals surface area contributed by atoms with E-state index in [0.717, 1.165) is 17.1 Å². The van der Waals surface area contributed by atoms with Crippen molar-refractivity contribution in [2.24, 2.45) is 5.73 Å². The number of anilines is 1. The minimum Gasteiger partial charge on any atom is -0.490 e.